The summed E-state index contributed by atoms with van der Waals surface area (Å²) < 4.78 is 0. The van der Waals surface area contributed by atoms with Crippen LogP contribution in [-0.4, -0.2) is 34.0 Å². The number of hydrogen-bond donors (Lipinski definition) is 2. The molecular formula is C14H16ClNO3S. The normalized spacial score (nSPS) is 17.5. The number of nitrogens with one attached hydrogen (secondary N) is 1. The van der Waals surface area contributed by atoms with Gasteiger partial charge in [-0.2, -0.15) is 11.8 Å². The molecule has 0 saturated carbocycles. The van der Waals surface area contributed by atoms with E-state index in [-0.39, 0.29) is 0 Å². The second-order valence-corrected chi connectivity index (χ2v) is 6.49. The van der Waals surface area contributed by atoms with E-state index < -0.39 is 17.4 Å². The molecule has 0 atom stereocenters. The van der Waals surface area contributed by atoms with Crippen molar-refractivity contribution >= 4 is 35.2 Å². The maximum Gasteiger partial charge on any atom is 0.329 e. The zero-order valence-electron chi connectivity index (χ0n) is 11.1. The Morgan fingerprint density at radius 1 is 1.35 bits per heavy atom. The van der Waals surface area contributed by atoms with Gasteiger partial charge in [-0.25, -0.2) is 4.79 Å². The molecule has 108 valence electrons. The molecule has 2 rings (SSSR count). The van der Waals surface area contributed by atoms with E-state index in [1.807, 2.05) is 13.0 Å². The van der Waals surface area contributed by atoms with Gasteiger partial charge in [0.15, 0.2) is 0 Å². The average molecular weight is 314 g/mol. The number of carbonyl (C=O) groups is 2. The van der Waals surface area contributed by atoms with Crippen molar-refractivity contribution in [2.45, 2.75) is 25.3 Å². The van der Waals surface area contributed by atoms with Gasteiger partial charge in [0.05, 0.1) is 10.6 Å². The quantitative estimate of drug-likeness (QED) is 0.900. The molecular weight excluding hydrogens is 298 g/mol. The van der Waals surface area contributed by atoms with Crippen LogP contribution in [0, 0.1) is 6.92 Å². The molecule has 1 saturated heterocycles. The van der Waals surface area contributed by atoms with Crippen LogP contribution in [0.3, 0.4) is 0 Å². The summed E-state index contributed by atoms with van der Waals surface area (Å²) in [5, 5.41) is 12.5. The highest BCUT2D eigenvalue weighted by atomic mass is 35.5. The molecule has 0 aliphatic carbocycles. The molecule has 1 aliphatic heterocycles. The summed E-state index contributed by atoms with van der Waals surface area (Å²) in [5.41, 5.74) is -0.0523. The Labute approximate surface area is 126 Å². The maximum atomic E-state index is 12.3. The van der Waals surface area contributed by atoms with Crippen LogP contribution in [0.1, 0.15) is 28.8 Å². The predicted molar refractivity (Wildman–Crippen MR) is 80.6 cm³/mol. The van der Waals surface area contributed by atoms with Crippen molar-refractivity contribution in [3.8, 4) is 0 Å². The summed E-state index contributed by atoms with van der Waals surface area (Å²) in [6.07, 6.45) is 0.865. The van der Waals surface area contributed by atoms with E-state index in [2.05, 4.69) is 5.32 Å². The molecule has 2 N–H and O–H groups in total. The first kappa shape index (κ1) is 15.2. The van der Waals surface area contributed by atoms with E-state index in [1.54, 1.807) is 23.9 Å². The van der Waals surface area contributed by atoms with Crippen molar-refractivity contribution in [2.24, 2.45) is 0 Å². The number of amides is 1. The minimum absolute atomic E-state index is 0.325. The third-order valence-corrected chi connectivity index (χ3v) is 5.03. The van der Waals surface area contributed by atoms with Crippen molar-refractivity contribution in [1.29, 1.82) is 0 Å². The highest BCUT2D eigenvalue weighted by molar-refractivity contribution is 7.99. The lowest BCUT2D eigenvalue weighted by atomic mass is 9.91. The largest absolute Gasteiger partial charge is 0.480 e. The molecule has 0 aromatic heterocycles. The van der Waals surface area contributed by atoms with E-state index in [0.29, 0.717) is 23.4 Å². The van der Waals surface area contributed by atoms with Crippen molar-refractivity contribution < 1.29 is 14.7 Å². The molecule has 4 nitrogen and oxygen atoms in total. The number of aliphatic carboxylic acids is 1. The van der Waals surface area contributed by atoms with Gasteiger partial charge >= 0.3 is 5.97 Å². The van der Waals surface area contributed by atoms with Crippen LogP contribution in [0.2, 0.25) is 5.02 Å². The van der Waals surface area contributed by atoms with Crippen LogP contribution in [0.25, 0.3) is 0 Å². The molecule has 1 amide bonds. The molecule has 20 heavy (non-hydrogen) atoms. The summed E-state index contributed by atoms with van der Waals surface area (Å²) in [6.45, 7) is 1.81. The van der Waals surface area contributed by atoms with Crippen LogP contribution in [0.4, 0.5) is 0 Å². The summed E-state index contributed by atoms with van der Waals surface area (Å²) in [7, 11) is 0. The molecule has 0 unspecified atom stereocenters. The van der Waals surface area contributed by atoms with Gasteiger partial charge in [-0.1, -0.05) is 23.7 Å². The Hall–Kier alpha value is -1.20. The molecule has 1 fully saturated rings. The second kappa shape index (κ2) is 6.06. The monoisotopic (exact) mass is 313 g/mol. The van der Waals surface area contributed by atoms with Gasteiger partial charge in [0.2, 0.25) is 0 Å². The molecule has 0 radical (unpaired) electrons. The van der Waals surface area contributed by atoms with Gasteiger partial charge < -0.3 is 10.4 Å². The highest BCUT2D eigenvalue weighted by Crippen LogP contribution is 2.29. The fourth-order valence-corrected chi connectivity index (χ4v) is 3.62. The molecule has 6 heteroatoms. The third kappa shape index (κ3) is 2.94. The topological polar surface area (TPSA) is 66.4 Å². The minimum atomic E-state index is -1.17. The first-order chi connectivity index (χ1) is 9.46. The van der Waals surface area contributed by atoms with Crippen LogP contribution in [-0.2, 0) is 4.79 Å². The Bertz CT molecular complexity index is 541. The number of hydrogen-bond acceptors (Lipinski definition) is 3. The highest BCUT2D eigenvalue weighted by Gasteiger charge is 2.41. The Morgan fingerprint density at radius 3 is 2.60 bits per heavy atom. The van der Waals surface area contributed by atoms with E-state index in [9.17, 15) is 14.7 Å². The number of carboxylic acid groups (broad SMARTS) is 1. The summed E-state index contributed by atoms with van der Waals surface area (Å²) in [4.78, 5) is 23.9. The molecule has 0 spiro atoms. The van der Waals surface area contributed by atoms with E-state index >= 15 is 0 Å². The zero-order valence-corrected chi connectivity index (χ0v) is 12.7. The van der Waals surface area contributed by atoms with Crippen molar-refractivity contribution in [3.05, 3.63) is 34.3 Å². The number of aryl methyl sites for hydroxylation is 1. The lowest BCUT2D eigenvalue weighted by Gasteiger charge is -2.33. The minimum Gasteiger partial charge on any atom is -0.480 e. The summed E-state index contributed by atoms with van der Waals surface area (Å²) in [5.74, 6) is 0.0605. The SMILES string of the molecule is Cc1cccc(C(=O)NC2(C(=O)O)CCSCC2)c1Cl. The van der Waals surface area contributed by atoms with Crippen molar-refractivity contribution in [3.63, 3.8) is 0 Å². The smallest absolute Gasteiger partial charge is 0.329 e. The van der Waals surface area contributed by atoms with Gasteiger partial charge in [-0.05, 0) is 42.9 Å². The maximum absolute atomic E-state index is 12.3. The average Bonchev–Trinajstić information content (AvgIpc) is 2.42. The van der Waals surface area contributed by atoms with Crippen LogP contribution < -0.4 is 5.32 Å². The molecule has 1 aliphatic rings. The number of halogens is 1. The number of thioether (sulfide) groups is 1. The van der Waals surface area contributed by atoms with Crippen LogP contribution in [0.5, 0.6) is 0 Å². The van der Waals surface area contributed by atoms with Crippen molar-refractivity contribution in [1.82, 2.24) is 5.32 Å². The Kier molecular flexibility index (Phi) is 4.60. The molecule has 0 bridgehead atoms. The van der Waals surface area contributed by atoms with E-state index in [4.69, 9.17) is 11.6 Å². The lowest BCUT2D eigenvalue weighted by molar-refractivity contribution is -0.144. The Morgan fingerprint density at radius 2 is 2.00 bits per heavy atom. The van der Waals surface area contributed by atoms with Gasteiger partial charge in [0.25, 0.3) is 5.91 Å². The molecule has 1 aromatic rings. The molecule has 1 heterocycles. The van der Waals surface area contributed by atoms with Gasteiger partial charge in [-0.3, -0.25) is 4.79 Å². The lowest BCUT2D eigenvalue weighted by Crippen LogP contribution is -2.56. The number of benzene rings is 1. The van der Waals surface area contributed by atoms with Gasteiger partial charge in [0, 0.05) is 0 Å². The fraction of sp³-hybridized carbons (Fsp3) is 0.429. The van der Waals surface area contributed by atoms with Crippen LogP contribution >= 0.6 is 23.4 Å². The first-order valence-corrected chi connectivity index (χ1v) is 7.88. The predicted octanol–water partition coefficient (Wildman–Crippen LogP) is 2.73. The van der Waals surface area contributed by atoms with Crippen LogP contribution in [0.15, 0.2) is 18.2 Å². The number of carboxylic acids is 1. The van der Waals surface area contributed by atoms with Crippen molar-refractivity contribution in [2.75, 3.05) is 11.5 Å². The van der Waals surface area contributed by atoms with E-state index in [1.165, 1.54) is 0 Å². The Balaban J connectivity index is 2.25. The van der Waals surface area contributed by atoms with E-state index in [0.717, 1.165) is 17.1 Å². The first-order valence-electron chi connectivity index (χ1n) is 6.35. The summed E-state index contributed by atoms with van der Waals surface area (Å²) in [6, 6.07) is 5.15. The summed E-state index contributed by atoms with van der Waals surface area (Å²) >= 11 is 7.82. The van der Waals surface area contributed by atoms with Gasteiger partial charge in [-0.15, -0.1) is 0 Å². The molecule has 1 aromatic carbocycles. The number of rotatable bonds is 3. The second-order valence-electron chi connectivity index (χ2n) is 4.89. The fourth-order valence-electron chi connectivity index (χ4n) is 2.22. The third-order valence-electron chi connectivity index (χ3n) is 3.54. The zero-order chi connectivity index (χ0) is 14.8. The van der Waals surface area contributed by atoms with Gasteiger partial charge in [0.1, 0.15) is 5.54 Å². The standard InChI is InChI=1S/C14H16ClNO3S/c1-9-3-2-4-10(11(9)15)12(17)16-14(13(18)19)5-7-20-8-6-14/h2-4H,5-8H2,1H3,(H,16,17)(H,18,19). The number of carbonyl (C=O) groups excluding carboxylic acids is 1.